The minimum Gasteiger partial charge on any atom is -0.756 e. The van der Waals surface area contributed by atoms with Gasteiger partial charge in [-0.05, 0) is 116 Å². The molecule has 0 N–H and O–H groups in total. The van der Waals surface area contributed by atoms with Crippen LogP contribution in [-0.2, 0) is 32.7 Å². The molecule has 104 heavy (non-hydrogen) atoms. The number of quaternary nitrogens is 1. The van der Waals surface area contributed by atoms with Crippen molar-refractivity contribution in [1.29, 1.82) is 0 Å². The van der Waals surface area contributed by atoms with Gasteiger partial charge in [0.25, 0.3) is 7.82 Å². The molecule has 0 aliphatic rings. The SMILES string of the molecule is CC/C=C\C/C=C\C/C=C\C/C=C\C/C=C\C/C=C\C/C=C\C/C=C\CCCCCCCCCCCCCCCCCCC(=O)OC(COC(=O)CCCCCCCCCCCCCCCCCCCCCCCCCCCC/C=C\C/C=C\C/C=C\C/C=C\CC)COP(=O)([O-])OCC[N+](C)(C)C. The number of hydrogen-bond acceptors (Lipinski definition) is 8. The van der Waals surface area contributed by atoms with Crippen LogP contribution in [0.25, 0.3) is 0 Å². The molecule has 0 saturated heterocycles. The lowest BCUT2D eigenvalue weighted by molar-refractivity contribution is -0.870. The van der Waals surface area contributed by atoms with Crippen LogP contribution in [0.4, 0.5) is 0 Å². The predicted molar refractivity (Wildman–Crippen MR) is 452 cm³/mol. The standard InChI is InChI=1S/C94H164NO8P/c1-6-8-10-12-14-16-18-20-22-24-26-28-30-32-34-36-38-40-42-44-46-47-49-51-53-55-57-59-61-63-65-67-69-71-73-75-77-79-81-83-85-87-94(97)103-92(91-102-104(98,99)101-89-88-95(3,4)5)90-100-93(96)86-84-82-80-78-76-74-72-70-68-66-64-62-60-58-56-54-52-50-48-45-43-41-39-37-35-33-31-29-27-25-23-21-19-17-15-13-11-9-7-2/h8-11,14-17,20-23,26-29,32,34,38,40,44,46,49,51,92H,6-7,12-13,18-19,24-25,30-31,33,35-37,39,41-43,45,47-48,50,52-91H2,1-5H3/b10-8-,11-9-,16-14-,17-15-,22-20-,23-21-,28-26-,29-27-,34-32-,40-38-,46-44-,51-49-. The number of nitrogens with zero attached hydrogens (tertiary/aromatic N) is 1. The average molecular weight is 1470 g/mol. The van der Waals surface area contributed by atoms with Gasteiger partial charge in [0.05, 0.1) is 27.7 Å². The summed E-state index contributed by atoms with van der Waals surface area (Å²) >= 11 is 0. The Kier molecular flexibility index (Phi) is 79.7. The summed E-state index contributed by atoms with van der Waals surface area (Å²) in [6.07, 6.45) is 123. The summed E-state index contributed by atoms with van der Waals surface area (Å²) in [5.41, 5.74) is 0. The Morgan fingerprint density at radius 1 is 0.298 bits per heavy atom. The second-order valence-corrected chi connectivity index (χ2v) is 31.6. The molecule has 0 saturated carbocycles. The van der Waals surface area contributed by atoms with Crippen LogP contribution >= 0.6 is 7.82 Å². The molecule has 10 heteroatoms. The first-order chi connectivity index (χ1) is 51.0. The first kappa shape index (κ1) is 99.9. The molecule has 0 aromatic rings. The van der Waals surface area contributed by atoms with Gasteiger partial charge in [-0.3, -0.25) is 14.2 Å². The van der Waals surface area contributed by atoms with Gasteiger partial charge in [0.15, 0.2) is 6.10 Å². The van der Waals surface area contributed by atoms with E-state index in [0.29, 0.717) is 17.4 Å². The van der Waals surface area contributed by atoms with E-state index < -0.39 is 26.5 Å². The number of unbranched alkanes of at least 4 members (excludes halogenated alkanes) is 42. The number of hydrogen-bond donors (Lipinski definition) is 0. The van der Waals surface area contributed by atoms with Crippen molar-refractivity contribution < 1.29 is 42.1 Å². The zero-order valence-corrected chi connectivity index (χ0v) is 69.3. The van der Waals surface area contributed by atoms with E-state index in [4.69, 9.17) is 18.5 Å². The highest BCUT2D eigenvalue weighted by atomic mass is 31.2. The number of esters is 2. The Morgan fingerprint density at radius 2 is 0.519 bits per heavy atom. The maximum absolute atomic E-state index is 12.9. The van der Waals surface area contributed by atoms with Crippen molar-refractivity contribution >= 4 is 19.8 Å². The lowest BCUT2D eigenvalue weighted by atomic mass is 10.0. The lowest BCUT2D eigenvalue weighted by Crippen LogP contribution is -2.37. The third kappa shape index (κ3) is 86.8. The second-order valence-electron chi connectivity index (χ2n) is 30.1. The number of likely N-dealkylation sites (N-methyl/N-ethyl adjacent to an activating group) is 1. The van der Waals surface area contributed by atoms with E-state index in [9.17, 15) is 19.0 Å². The van der Waals surface area contributed by atoms with Crippen molar-refractivity contribution in [2.75, 3.05) is 47.5 Å². The topological polar surface area (TPSA) is 111 Å². The van der Waals surface area contributed by atoms with Gasteiger partial charge in [0.2, 0.25) is 0 Å². The van der Waals surface area contributed by atoms with Gasteiger partial charge in [-0.25, -0.2) is 0 Å². The second kappa shape index (κ2) is 82.9. The first-order valence-electron chi connectivity index (χ1n) is 43.5. The molecule has 0 bridgehead atoms. The van der Waals surface area contributed by atoms with Gasteiger partial charge >= 0.3 is 11.9 Å². The van der Waals surface area contributed by atoms with Crippen LogP contribution < -0.4 is 4.89 Å². The number of rotatable bonds is 80. The smallest absolute Gasteiger partial charge is 0.306 e. The van der Waals surface area contributed by atoms with E-state index in [0.717, 1.165) is 116 Å². The molecule has 0 spiro atoms. The molecule has 2 unspecified atom stereocenters. The van der Waals surface area contributed by atoms with Crippen LogP contribution in [0.5, 0.6) is 0 Å². The van der Waals surface area contributed by atoms with E-state index in [-0.39, 0.29) is 32.0 Å². The molecule has 598 valence electrons. The van der Waals surface area contributed by atoms with Crippen LogP contribution in [0.2, 0.25) is 0 Å². The van der Waals surface area contributed by atoms with E-state index in [1.807, 2.05) is 21.1 Å². The molecular weight excluding hydrogens is 1300 g/mol. The summed E-state index contributed by atoms with van der Waals surface area (Å²) in [5, 5.41) is 0. The molecule has 2 atom stereocenters. The third-order valence-electron chi connectivity index (χ3n) is 18.9. The molecule has 0 heterocycles. The van der Waals surface area contributed by atoms with Gasteiger partial charge in [0, 0.05) is 12.8 Å². The third-order valence-corrected chi connectivity index (χ3v) is 19.8. The zero-order chi connectivity index (χ0) is 75.4. The molecule has 9 nitrogen and oxygen atoms in total. The van der Waals surface area contributed by atoms with E-state index in [1.165, 1.54) is 238 Å². The van der Waals surface area contributed by atoms with Crippen LogP contribution in [0.1, 0.15) is 386 Å². The maximum atomic E-state index is 12.9. The predicted octanol–water partition coefficient (Wildman–Crippen LogP) is 29.0. The number of carbonyl (C=O) groups excluding carboxylic acids is 2. The summed E-state index contributed by atoms with van der Waals surface area (Å²) in [5.74, 6) is -0.819. The number of phosphoric acid groups is 1. The molecule has 0 amide bonds. The Hall–Kier alpha value is -4.11. The largest absolute Gasteiger partial charge is 0.756 e. The number of carbonyl (C=O) groups is 2. The van der Waals surface area contributed by atoms with Crippen molar-refractivity contribution in [1.82, 2.24) is 0 Å². The summed E-state index contributed by atoms with van der Waals surface area (Å²) in [4.78, 5) is 38.3. The highest BCUT2D eigenvalue weighted by Gasteiger charge is 2.22. The monoisotopic (exact) mass is 1470 g/mol. The van der Waals surface area contributed by atoms with E-state index in [2.05, 4.69) is 160 Å². The summed E-state index contributed by atoms with van der Waals surface area (Å²) in [6.45, 7) is 4.06. The van der Waals surface area contributed by atoms with Crippen molar-refractivity contribution in [2.24, 2.45) is 0 Å². The Morgan fingerprint density at radius 3 is 0.769 bits per heavy atom. The fourth-order valence-corrected chi connectivity index (χ4v) is 13.0. The van der Waals surface area contributed by atoms with Crippen molar-refractivity contribution in [3.63, 3.8) is 0 Å². The minimum absolute atomic E-state index is 0.0328. The maximum Gasteiger partial charge on any atom is 0.306 e. The molecule has 0 aliphatic heterocycles. The molecule has 0 rings (SSSR count). The molecule has 0 aromatic heterocycles. The summed E-state index contributed by atoms with van der Waals surface area (Å²) in [7, 11) is 1.17. The van der Waals surface area contributed by atoms with Crippen molar-refractivity contribution in [3.8, 4) is 0 Å². The van der Waals surface area contributed by atoms with E-state index in [1.54, 1.807) is 0 Å². The normalized spacial score (nSPS) is 13.7. The average Bonchev–Trinajstić information content (AvgIpc) is 0.920. The number of ether oxygens (including phenoxy) is 2. The lowest BCUT2D eigenvalue weighted by Gasteiger charge is -2.28. The highest BCUT2D eigenvalue weighted by Crippen LogP contribution is 2.38. The molecule has 0 aliphatic carbocycles. The van der Waals surface area contributed by atoms with Crippen LogP contribution in [0, 0.1) is 0 Å². The summed E-state index contributed by atoms with van der Waals surface area (Å²) in [6, 6.07) is 0. The molecule has 0 radical (unpaired) electrons. The first-order valence-corrected chi connectivity index (χ1v) is 45.0. The van der Waals surface area contributed by atoms with Gasteiger partial charge in [-0.15, -0.1) is 0 Å². The van der Waals surface area contributed by atoms with E-state index >= 15 is 0 Å². The number of phosphoric ester groups is 1. The quantitative estimate of drug-likeness (QED) is 0.0195. The van der Waals surface area contributed by atoms with Crippen LogP contribution in [0.3, 0.4) is 0 Å². The van der Waals surface area contributed by atoms with Gasteiger partial charge in [0.1, 0.15) is 19.8 Å². The van der Waals surface area contributed by atoms with Gasteiger partial charge < -0.3 is 27.9 Å². The molecular formula is C94H164NO8P. The summed E-state index contributed by atoms with van der Waals surface area (Å²) < 4.78 is 34.5. The highest BCUT2D eigenvalue weighted by molar-refractivity contribution is 7.45. The minimum atomic E-state index is -4.65. The zero-order valence-electron chi connectivity index (χ0n) is 68.4. The van der Waals surface area contributed by atoms with Gasteiger partial charge in [-0.1, -0.05) is 404 Å². The van der Waals surface area contributed by atoms with Gasteiger partial charge in [-0.2, -0.15) is 0 Å². The fourth-order valence-electron chi connectivity index (χ4n) is 12.3. The fraction of sp³-hybridized carbons (Fsp3) is 0.723. The van der Waals surface area contributed by atoms with Crippen LogP contribution in [-0.4, -0.2) is 70.0 Å². The van der Waals surface area contributed by atoms with Crippen molar-refractivity contribution in [2.45, 2.75) is 392 Å². The molecule has 0 aromatic carbocycles. The number of allylic oxidation sites excluding steroid dienone is 24. The van der Waals surface area contributed by atoms with Crippen molar-refractivity contribution in [3.05, 3.63) is 146 Å². The molecule has 0 fully saturated rings. The van der Waals surface area contributed by atoms with Crippen LogP contribution in [0.15, 0.2) is 146 Å². The Labute approximate surface area is 643 Å². The Bertz CT molecular complexity index is 2280. The Balaban J connectivity index is 3.92.